The van der Waals surface area contributed by atoms with Gasteiger partial charge in [0.2, 0.25) is 0 Å². The average Bonchev–Trinajstić information content (AvgIpc) is 2.48. The van der Waals surface area contributed by atoms with Crippen LogP contribution in [-0.2, 0) is 19.0 Å². The molecule has 1 atom stereocenters. The molecule has 0 radical (unpaired) electrons. The SMILES string of the molecule is Cc1ccc(S(=O)(=O)OCCC2CN(C(=O)O)CCO2)cc1. The normalized spacial score (nSPS) is 19.1. The maximum Gasteiger partial charge on any atom is 0.407 e. The van der Waals surface area contributed by atoms with Crippen LogP contribution in [0.3, 0.4) is 0 Å². The van der Waals surface area contributed by atoms with Crippen LogP contribution in [0, 0.1) is 6.92 Å². The number of morpholine rings is 1. The molecule has 0 aromatic heterocycles. The van der Waals surface area contributed by atoms with Gasteiger partial charge in [0.05, 0.1) is 30.8 Å². The van der Waals surface area contributed by atoms with Gasteiger partial charge in [-0.1, -0.05) is 17.7 Å². The van der Waals surface area contributed by atoms with Gasteiger partial charge in [0.15, 0.2) is 0 Å². The van der Waals surface area contributed by atoms with Gasteiger partial charge in [0.1, 0.15) is 0 Å². The van der Waals surface area contributed by atoms with Gasteiger partial charge in [-0.05, 0) is 19.1 Å². The van der Waals surface area contributed by atoms with Gasteiger partial charge < -0.3 is 14.7 Å². The first-order valence-corrected chi connectivity index (χ1v) is 8.35. The van der Waals surface area contributed by atoms with Crippen LogP contribution < -0.4 is 0 Å². The van der Waals surface area contributed by atoms with Crippen LogP contribution >= 0.6 is 0 Å². The highest BCUT2D eigenvalue weighted by molar-refractivity contribution is 7.86. The summed E-state index contributed by atoms with van der Waals surface area (Å²) in [5, 5.41) is 8.92. The van der Waals surface area contributed by atoms with Crippen molar-refractivity contribution >= 4 is 16.2 Å². The lowest BCUT2D eigenvalue weighted by Gasteiger charge is -2.30. The van der Waals surface area contributed by atoms with Crippen molar-refractivity contribution in [2.75, 3.05) is 26.3 Å². The molecule has 1 amide bonds. The summed E-state index contributed by atoms with van der Waals surface area (Å²) >= 11 is 0. The molecule has 7 nitrogen and oxygen atoms in total. The summed E-state index contributed by atoms with van der Waals surface area (Å²) in [4.78, 5) is 12.2. The Morgan fingerprint density at radius 1 is 1.41 bits per heavy atom. The van der Waals surface area contributed by atoms with Crippen LogP contribution in [0.4, 0.5) is 4.79 Å². The number of nitrogens with zero attached hydrogens (tertiary/aromatic N) is 1. The molecule has 0 bridgehead atoms. The Balaban J connectivity index is 1.85. The molecule has 1 aromatic rings. The second-order valence-electron chi connectivity index (χ2n) is 5.10. The zero-order chi connectivity index (χ0) is 16.2. The first-order chi connectivity index (χ1) is 10.4. The van der Waals surface area contributed by atoms with Crippen LogP contribution in [0.25, 0.3) is 0 Å². The van der Waals surface area contributed by atoms with Gasteiger partial charge in [-0.25, -0.2) is 4.79 Å². The second-order valence-corrected chi connectivity index (χ2v) is 6.71. The molecule has 1 heterocycles. The zero-order valence-corrected chi connectivity index (χ0v) is 13.1. The summed E-state index contributed by atoms with van der Waals surface area (Å²) in [7, 11) is -3.79. The van der Waals surface area contributed by atoms with Gasteiger partial charge in [0.25, 0.3) is 10.1 Å². The van der Waals surface area contributed by atoms with E-state index in [9.17, 15) is 13.2 Å². The molecule has 1 aromatic carbocycles. The Hall–Kier alpha value is -1.64. The Morgan fingerprint density at radius 2 is 2.09 bits per heavy atom. The fraction of sp³-hybridized carbons (Fsp3) is 0.500. The van der Waals surface area contributed by atoms with E-state index in [-0.39, 0.29) is 24.2 Å². The van der Waals surface area contributed by atoms with Crippen LogP contribution in [-0.4, -0.2) is 56.9 Å². The number of ether oxygens (including phenoxy) is 1. The number of carbonyl (C=O) groups is 1. The van der Waals surface area contributed by atoms with Gasteiger partial charge in [0, 0.05) is 13.0 Å². The molecule has 0 spiro atoms. The van der Waals surface area contributed by atoms with Crippen LogP contribution in [0.1, 0.15) is 12.0 Å². The predicted octanol–water partition coefficient (Wildman–Crippen LogP) is 1.47. The monoisotopic (exact) mass is 329 g/mol. The minimum absolute atomic E-state index is 0.0473. The molecule has 2 rings (SSSR count). The van der Waals surface area contributed by atoms with E-state index >= 15 is 0 Å². The second kappa shape index (κ2) is 7.08. The quantitative estimate of drug-likeness (QED) is 0.822. The summed E-state index contributed by atoms with van der Waals surface area (Å²) in [5.74, 6) is 0. The van der Waals surface area contributed by atoms with E-state index in [2.05, 4.69) is 0 Å². The fourth-order valence-corrected chi connectivity index (χ4v) is 3.05. The predicted molar refractivity (Wildman–Crippen MR) is 78.3 cm³/mol. The molecule has 8 heteroatoms. The third-order valence-electron chi connectivity index (χ3n) is 3.40. The molecule has 1 N–H and O–H groups in total. The minimum Gasteiger partial charge on any atom is -0.465 e. The number of rotatable bonds is 5. The van der Waals surface area contributed by atoms with E-state index in [1.165, 1.54) is 17.0 Å². The Labute approximate surface area is 129 Å². The van der Waals surface area contributed by atoms with Gasteiger partial charge in [-0.3, -0.25) is 4.18 Å². The smallest absolute Gasteiger partial charge is 0.407 e. The maximum atomic E-state index is 12.0. The summed E-state index contributed by atoms with van der Waals surface area (Å²) < 4.78 is 34.4. The van der Waals surface area contributed by atoms with Crippen LogP contribution in [0.2, 0.25) is 0 Å². The average molecular weight is 329 g/mol. The standard InChI is InChI=1S/C14H19NO6S/c1-11-2-4-13(5-3-11)22(18,19)21-8-6-12-10-15(14(16)17)7-9-20-12/h2-5,12H,6-10H2,1H3,(H,16,17). The van der Waals surface area contributed by atoms with Crippen molar-refractivity contribution in [1.82, 2.24) is 4.90 Å². The fourth-order valence-electron chi connectivity index (χ4n) is 2.13. The van der Waals surface area contributed by atoms with Gasteiger partial charge in [-0.15, -0.1) is 0 Å². The third kappa shape index (κ3) is 4.43. The van der Waals surface area contributed by atoms with E-state index in [0.717, 1.165) is 5.56 Å². The third-order valence-corrected chi connectivity index (χ3v) is 4.72. The molecule has 1 aliphatic rings. The minimum atomic E-state index is -3.79. The number of benzene rings is 1. The lowest BCUT2D eigenvalue weighted by atomic mass is 10.2. The number of carboxylic acid groups (broad SMARTS) is 1. The topological polar surface area (TPSA) is 93.1 Å². The Bertz CT molecular complexity index is 613. The summed E-state index contributed by atoms with van der Waals surface area (Å²) in [6.45, 7) is 2.68. The molecule has 1 fully saturated rings. The van der Waals surface area contributed by atoms with E-state index < -0.39 is 16.2 Å². The highest BCUT2D eigenvalue weighted by Gasteiger charge is 2.24. The van der Waals surface area contributed by atoms with Crippen molar-refractivity contribution in [3.05, 3.63) is 29.8 Å². The number of amides is 1. The molecular formula is C14H19NO6S. The summed E-state index contributed by atoms with van der Waals surface area (Å²) in [6, 6.07) is 6.39. The largest absolute Gasteiger partial charge is 0.465 e. The molecule has 0 aliphatic carbocycles. The highest BCUT2D eigenvalue weighted by atomic mass is 32.2. The van der Waals surface area contributed by atoms with E-state index in [0.29, 0.717) is 19.6 Å². The van der Waals surface area contributed by atoms with E-state index in [1.54, 1.807) is 12.1 Å². The van der Waals surface area contributed by atoms with Gasteiger partial charge in [-0.2, -0.15) is 8.42 Å². The summed E-state index contributed by atoms with van der Waals surface area (Å²) in [6.07, 6.45) is -1.03. The lowest BCUT2D eigenvalue weighted by Crippen LogP contribution is -2.45. The Kier molecular flexibility index (Phi) is 5.38. The van der Waals surface area contributed by atoms with Crippen molar-refractivity contribution in [2.24, 2.45) is 0 Å². The highest BCUT2D eigenvalue weighted by Crippen LogP contribution is 2.15. The number of hydrogen-bond donors (Lipinski definition) is 1. The number of hydrogen-bond acceptors (Lipinski definition) is 5. The Morgan fingerprint density at radius 3 is 2.73 bits per heavy atom. The molecule has 22 heavy (non-hydrogen) atoms. The number of aryl methyl sites for hydroxylation is 1. The van der Waals surface area contributed by atoms with Gasteiger partial charge >= 0.3 is 6.09 Å². The molecular weight excluding hydrogens is 310 g/mol. The zero-order valence-electron chi connectivity index (χ0n) is 12.3. The van der Waals surface area contributed by atoms with Crippen LogP contribution in [0.5, 0.6) is 0 Å². The van der Waals surface area contributed by atoms with Crippen molar-refractivity contribution < 1.29 is 27.2 Å². The van der Waals surface area contributed by atoms with Crippen molar-refractivity contribution in [2.45, 2.75) is 24.3 Å². The molecule has 122 valence electrons. The molecule has 1 unspecified atom stereocenters. The van der Waals surface area contributed by atoms with Crippen molar-refractivity contribution in [3.8, 4) is 0 Å². The molecule has 1 saturated heterocycles. The van der Waals surface area contributed by atoms with E-state index in [1.807, 2.05) is 6.92 Å². The van der Waals surface area contributed by atoms with Crippen molar-refractivity contribution in [1.29, 1.82) is 0 Å². The van der Waals surface area contributed by atoms with Crippen LogP contribution in [0.15, 0.2) is 29.2 Å². The summed E-state index contributed by atoms with van der Waals surface area (Å²) in [5.41, 5.74) is 0.961. The van der Waals surface area contributed by atoms with Crippen molar-refractivity contribution in [3.63, 3.8) is 0 Å². The molecule has 0 saturated carbocycles. The molecule has 1 aliphatic heterocycles. The lowest BCUT2D eigenvalue weighted by molar-refractivity contribution is -0.0298. The van der Waals surface area contributed by atoms with E-state index in [4.69, 9.17) is 14.0 Å². The first-order valence-electron chi connectivity index (χ1n) is 6.94. The maximum absolute atomic E-state index is 12.0. The first kappa shape index (κ1) is 16.7.